The number of hydrogen-bond acceptors (Lipinski definition) is 3. The summed E-state index contributed by atoms with van der Waals surface area (Å²) < 4.78 is 54.4. The molecule has 1 aliphatic heterocycles. The van der Waals surface area contributed by atoms with Gasteiger partial charge >= 0.3 is 0 Å². The quantitative estimate of drug-likeness (QED) is 0.636. The van der Waals surface area contributed by atoms with Crippen LogP contribution in [0.2, 0.25) is 0 Å². The average Bonchev–Trinajstić information content (AvgIpc) is 3.07. The molecule has 1 saturated heterocycles. The van der Waals surface area contributed by atoms with Crippen molar-refractivity contribution < 1.29 is 17.2 Å². The third-order valence-electron chi connectivity index (χ3n) is 4.71. The van der Waals surface area contributed by atoms with Crippen LogP contribution in [0.25, 0.3) is 0 Å². The Bertz CT molecular complexity index is 920. The number of anilines is 1. The van der Waals surface area contributed by atoms with Crippen molar-refractivity contribution in [2.45, 2.75) is 30.6 Å². The third kappa shape index (κ3) is 4.67. The molecule has 2 aromatic rings. The maximum absolute atomic E-state index is 13.9. The van der Waals surface area contributed by atoms with Crippen molar-refractivity contribution in [3.63, 3.8) is 0 Å². The fourth-order valence-corrected chi connectivity index (χ4v) is 5.01. The van der Waals surface area contributed by atoms with Crippen molar-refractivity contribution >= 4 is 31.6 Å². The van der Waals surface area contributed by atoms with E-state index in [-0.39, 0.29) is 4.47 Å². The summed E-state index contributed by atoms with van der Waals surface area (Å²) in [5.74, 6) is -1.56. The number of halogens is 3. The highest BCUT2D eigenvalue weighted by Crippen LogP contribution is 2.29. The molecule has 3 rings (SSSR count). The van der Waals surface area contributed by atoms with Gasteiger partial charge < -0.3 is 4.90 Å². The normalized spacial score (nSPS) is 18.0. The Labute approximate surface area is 166 Å². The lowest BCUT2D eigenvalue weighted by molar-refractivity contribution is 0.335. The van der Waals surface area contributed by atoms with E-state index in [1.54, 1.807) is 12.1 Å². The van der Waals surface area contributed by atoms with Crippen molar-refractivity contribution in [3.8, 4) is 0 Å². The standard InChI is InChI=1S/C19H21BrF2N2O2S/c1-2-8-24-9-7-14(12-24)13-3-5-15(6-4-13)23-27(25,26)19-10-16(20)17(21)11-18(19)22/h3-6,10-11,14,23H,2,7-9,12H2,1H3. The molecule has 1 N–H and O–H groups in total. The van der Waals surface area contributed by atoms with E-state index in [2.05, 4.69) is 32.5 Å². The lowest BCUT2D eigenvalue weighted by atomic mass is 9.98. The summed E-state index contributed by atoms with van der Waals surface area (Å²) in [5.41, 5.74) is 1.49. The third-order valence-corrected chi connectivity index (χ3v) is 6.71. The van der Waals surface area contributed by atoms with Crippen LogP contribution in [0.15, 0.2) is 45.8 Å². The van der Waals surface area contributed by atoms with Gasteiger partial charge in [-0.1, -0.05) is 19.1 Å². The zero-order valence-electron chi connectivity index (χ0n) is 14.9. The molecule has 0 amide bonds. The summed E-state index contributed by atoms with van der Waals surface area (Å²) in [5, 5.41) is 0. The lowest BCUT2D eigenvalue weighted by Crippen LogP contribution is -2.20. The van der Waals surface area contributed by atoms with Crippen LogP contribution in [0, 0.1) is 11.6 Å². The van der Waals surface area contributed by atoms with Crippen LogP contribution in [-0.2, 0) is 10.0 Å². The first-order chi connectivity index (χ1) is 12.8. The van der Waals surface area contributed by atoms with Gasteiger partial charge in [-0.2, -0.15) is 0 Å². The Morgan fingerprint density at radius 2 is 1.89 bits per heavy atom. The lowest BCUT2D eigenvalue weighted by Gasteiger charge is -2.15. The molecule has 27 heavy (non-hydrogen) atoms. The number of rotatable bonds is 6. The first-order valence-electron chi connectivity index (χ1n) is 8.80. The minimum Gasteiger partial charge on any atom is -0.303 e. The predicted molar refractivity (Wildman–Crippen MR) is 105 cm³/mol. The van der Waals surface area contributed by atoms with E-state index in [0.717, 1.165) is 44.1 Å². The van der Waals surface area contributed by atoms with Gasteiger partial charge in [-0.15, -0.1) is 0 Å². The zero-order chi connectivity index (χ0) is 19.6. The van der Waals surface area contributed by atoms with E-state index in [4.69, 9.17) is 0 Å². The molecule has 1 atom stereocenters. The second-order valence-corrected chi connectivity index (χ2v) is 9.22. The average molecular weight is 459 g/mol. The summed E-state index contributed by atoms with van der Waals surface area (Å²) in [6.45, 7) is 5.34. The predicted octanol–water partition coefficient (Wildman–Crippen LogP) is 4.73. The van der Waals surface area contributed by atoms with E-state index >= 15 is 0 Å². The SMILES string of the molecule is CCCN1CCC(c2ccc(NS(=O)(=O)c3cc(Br)c(F)cc3F)cc2)C1. The monoisotopic (exact) mass is 458 g/mol. The molecule has 1 aliphatic rings. The van der Waals surface area contributed by atoms with Crippen LogP contribution in [0.1, 0.15) is 31.2 Å². The van der Waals surface area contributed by atoms with E-state index < -0.39 is 26.6 Å². The molecule has 1 fully saturated rings. The zero-order valence-corrected chi connectivity index (χ0v) is 17.3. The number of nitrogens with zero attached hydrogens (tertiary/aromatic N) is 1. The molecular weight excluding hydrogens is 438 g/mol. The van der Waals surface area contributed by atoms with Crippen LogP contribution in [0.4, 0.5) is 14.5 Å². The molecule has 0 aromatic heterocycles. The molecule has 146 valence electrons. The number of hydrogen-bond donors (Lipinski definition) is 1. The molecule has 0 spiro atoms. The van der Waals surface area contributed by atoms with Crippen LogP contribution >= 0.6 is 15.9 Å². The maximum Gasteiger partial charge on any atom is 0.264 e. The van der Waals surface area contributed by atoms with Crippen molar-refractivity contribution in [2.75, 3.05) is 24.4 Å². The fraction of sp³-hybridized carbons (Fsp3) is 0.368. The van der Waals surface area contributed by atoms with E-state index in [1.165, 1.54) is 0 Å². The summed E-state index contributed by atoms with van der Waals surface area (Å²) in [6, 6.07) is 8.60. The molecule has 1 unspecified atom stereocenters. The Morgan fingerprint density at radius 1 is 1.19 bits per heavy atom. The Balaban J connectivity index is 1.74. The van der Waals surface area contributed by atoms with Gasteiger partial charge in [0, 0.05) is 18.3 Å². The van der Waals surface area contributed by atoms with Gasteiger partial charge in [0.2, 0.25) is 0 Å². The van der Waals surface area contributed by atoms with Gasteiger partial charge in [0.15, 0.2) is 0 Å². The number of benzene rings is 2. The van der Waals surface area contributed by atoms with E-state index in [1.807, 2.05) is 12.1 Å². The molecule has 2 aromatic carbocycles. The minimum atomic E-state index is -4.16. The first kappa shape index (κ1) is 20.2. The highest BCUT2D eigenvalue weighted by atomic mass is 79.9. The Morgan fingerprint density at radius 3 is 2.56 bits per heavy atom. The summed E-state index contributed by atoms with van der Waals surface area (Å²) in [7, 11) is -4.16. The van der Waals surface area contributed by atoms with Gasteiger partial charge in [0.05, 0.1) is 4.47 Å². The summed E-state index contributed by atoms with van der Waals surface area (Å²) >= 11 is 2.88. The fourth-order valence-electron chi connectivity index (χ4n) is 3.37. The molecule has 1 heterocycles. The van der Waals surface area contributed by atoms with E-state index in [9.17, 15) is 17.2 Å². The van der Waals surface area contributed by atoms with Crippen molar-refractivity contribution in [3.05, 3.63) is 58.1 Å². The molecule has 0 radical (unpaired) electrons. The van der Waals surface area contributed by atoms with Crippen LogP contribution in [0.5, 0.6) is 0 Å². The summed E-state index contributed by atoms with van der Waals surface area (Å²) in [6.07, 6.45) is 2.21. The number of nitrogens with one attached hydrogen (secondary N) is 1. The molecule has 4 nitrogen and oxygen atoms in total. The van der Waals surface area contributed by atoms with Gasteiger partial charge in [-0.3, -0.25) is 4.72 Å². The van der Waals surface area contributed by atoms with E-state index in [0.29, 0.717) is 17.7 Å². The summed E-state index contributed by atoms with van der Waals surface area (Å²) in [4.78, 5) is 1.82. The smallest absolute Gasteiger partial charge is 0.264 e. The highest BCUT2D eigenvalue weighted by Gasteiger charge is 2.24. The number of likely N-dealkylation sites (tertiary alicyclic amines) is 1. The second-order valence-electron chi connectivity index (χ2n) is 6.71. The molecular formula is C19H21BrF2N2O2S. The molecule has 0 saturated carbocycles. The minimum absolute atomic E-state index is 0.113. The second kappa shape index (κ2) is 8.24. The number of sulfonamides is 1. The van der Waals surface area contributed by atoms with Crippen molar-refractivity contribution in [1.82, 2.24) is 4.90 Å². The molecule has 0 bridgehead atoms. The molecule has 8 heteroatoms. The van der Waals surface area contributed by atoms with Crippen molar-refractivity contribution in [2.24, 2.45) is 0 Å². The van der Waals surface area contributed by atoms with Gasteiger partial charge in [-0.05, 0) is 71.5 Å². The van der Waals surface area contributed by atoms with Crippen LogP contribution in [0.3, 0.4) is 0 Å². The largest absolute Gasteiger partial charge is 0.303 e. The van der Waals surface area contributed by atoms with Crippen LogP contribution < -0.4 is 4.72 Å². The van der Waals surface area contributed by atoms with Gasteiger partial charge in [0.1, 0.15) is 16.5 Å². The van der Waals surface area contributed by atoms with Gasteiger partial charge in [-0.25, -0.2) is 17.2 Å². The van der Waals surface area contributed by atoms with Gasteiger partial charge in [0.25, 0.3) is 10.0 Å². The van der Waals surface area contributed by atoms with Crippen LogP contribution in [-0.4, -0.2) is 33.0 Å². The highest BCUT2D eigenvalue weighted by molar-refractivity contribution is 9.10. The Kier molecular flexibility index (Phi) is 6.18. The topological polar surface area (TPSA) is 49.4 Å². The first-order valence-corrected chi connectivity index (χ1v) is 11.1. The molecule has 0 aliphatic carbocycles. The van der Waals surface area contributed by atoms with Crippen molar-refractivity contribution in [1.29, 1.82) is 0 Å². The maximum atomic E-state index is 13.9. The Hall–Kier alpha value is -1.51.